The normalized spacial score (nSPS) is 11.2. The van der Waals surface area contributed by atoms with Gasteiger partial charge in [-0.2, -0.15) is 8.78 Å². The van der Waals surface area contributed by atoms with Crippen LogP contribution >= 0.6 is 0 Å². The third-order valence-corrected chi connectivity index (χ3v) is 1.85. The van der Waals surface area contributed by atoms with Gasteiger partial charge in [-0.05, 0) is 26.8 Å². The number of hydrogen-bond donors (Lipinski definition) is 0. The Kier molecular flexibility index (Phi) is 3.65. The minimum atomic E-state index is -1.25. The van der Waals surface area contributed by atoms with E-state index in [0.717, 1.165) is 11.1 Å². The first-order valence-electron chi connectivity index (χ1n) is 4.99. The Labute approximate surface area is 98.2 Å². The number of nitrogens with zero attached hydrogens (tertiary/aromatic N) is 2. The van der Waals surface area contributed by atoms with Crippen LogP contribution in [0, 0.1) is 11.8 Å². The van der Waals surface area contributed by atoms with Crippen LogP contribution in [0.25, 0.3) is 0 Å². The van der Waals surface area contributed by atoms with Gasteiger partial charge in [-0.3, -0.25) is 4.90 Å². The Morgan fingerprint density at radius 1 is 1.41 bits per heavy atom. The molecule has 1 heterocycles. The predicted molar refractivity (Wildman–Crippen MR) is 58.8 cm³/mol. The maximum absolute atomic E-state index is 13.4. The van der Waals surface area contributed by atoms with Gasteiger partial charge in [-0.25, -0.2) is 9.78 Å². The van der Waals surface area contributed by atoms with Crippen LogP contribution in [0.2, 0.25) is 0 Å². The molecular formula is C11H14F2N2O2. The number of carbonyl (C=O) groups is 1. The van der Waals surface area contributed by atoms with Crippen LogP contribution in [0.4, 0.5) is 19.3 Å². The molecule has 1 rings (SSSR count). The molecule has 0 aliphatic heterocycles. The molecule has 0 spiro atoms. The number of pyridine rings is 1. The molecule has 0 bridgehead atoms. The molecule has 0 N–H and O–H groups in total. The van der Waals surface area contributed by atoms with Gasteiger partial charge in [0, 0.05) is 13.2 Å². The molecule has 17 heavy (non-hydrogen) atoms. The molecule has 0 unspecified atom stereocenters. The molecule has 0 aliphatic carbocycles. The Balaban J connectivity index is 2.93. The summed E-state index contributed by atoms with van der Waals surface area (Å²) in [6, 6.07) is 1.20. The van der Waals surface area contributed by atoms with Crippen molar-refractivity contribution in [1.29, 1.82) is 0 Å². The van der Waals surface area contributed by atoms with Crippen molar-refractivity contribution < 1.29 is 18.3 Å². The summed E-state index contributed by atoms with van der Waals surface area (Å²) >= 11 is 0. The van der Waals surface area contributed by atoms with E-state index < -0.39 is 23.5 Å². The van der Waals surface area contributed by atoms with E-state index in [0.29, 0.717) is 0 Å². The molecule has 0 saturated carbocycles. The van der Waals surface area contributed by atoms with Crippen molar-refractivity contribution >= 4 is 11.8 Å². The zero-order chi connectivity index (χ0) is 13.2. The maximum atomic E-state index is 13.4. The number of ether oxygens (including phenoxy) is 1. The number of hydrogen-bond acceptors (Lipinski definition) is 3. The minimum absolute atomic E-state index is 0.216. The van der Waals surface area contributed by atoms with E-state index in [1.807, 2.05) is 0 Å². The summed E-state index contributed by atoms with van der Waals surface area (Å²) < 4.78 is 31.3. The van der Waals surface area contributed by atoms with Crippen molar-refractivity contribution in [3.63, 3.8) is 0 Å². The van der Waals surface area contributed by atoms with Gasteiger partial charge in [-0.1, -0.05) is 0 Å². The van der Waals surface area contributed by atoms with Crippen LogP contribution in [0.1, 0.15) is 20.8 Å². The van der Waals surface area contributed by atoms with Crippen molar-refractivity contribution in [3.8, 4) is 0 Å². The standard InChI is InChI=1S/C11H14F2N2O2/c1-11(2,3)17-10(16)15(4)7-5-6-14-9(13)8(7)12/h5-6H,1-4H3. The lowest BCUT2D eigenvalue weighted by Gasteiger charge is -2.24. The number of carbonyl (C=O) groups excluding carboxylic acids is 1. The summed E-state index contributed by atoms with van der Waals surface area (Å²) in [6.45, 7) is 5.05. The second kappa shape index (κ2) is 4.65. The highest BCUT2D eigenvalue weighted by Gasteiger charge is 2.23. The van der Waals surface area contributed by atoms with E-state index in [1.54, 1.807) is 20.8 Å². The van der Waals surface area contributed by atoms with Gasteiger partial charge in [-0.15, -0.1) is 0 Å². The third kappa shape index (κ3) is 3.37. The predicted octanol–water partition coefficient (Wildman–Crippen LogP) is 2.73. The Morgan fingerprint density at radius 3 is 2.53 bits per heavy atom. The first kappa shape index (κ1) is 13.3. The average molecular weight is 244 g/mol. The highest BCUT2D eigenvalue weighted by atomic mass is 19.2. The lowest BCUT2D eigenvalue weighted by Crippen LogP contribution is -2.34. The van der Waals surface area contributed by atoms with Crippen LogP contribution in [0.3, 0.4) is 0 Å². The van der Waals surface area contributed by atoms with Gasteiger partial charge in [0.1, 0.15) is 5.60 Å². The number of amides is 1. The summed E-state index contributed by atoms with van der Waals surface area (Å²) in [4.78, 5) is 15.6. The molecule has 0 fully saturated rings. The summed E-state index contributed by atoms with van der Waals surface area (Å²) in [5.74, 6) is -2.43. The maximum Gasteiger partial charge on any atom is 0.414 e. The molecule has 0 aromatic carbocycles. The zero-order valence-electron chi connectivity index (χ0n) is 10.1. The highest BCUT2D eigenvalue weighted by molar-refractivity contribution is 5.87. The summed E-state index contributed by atoms with van der Waals surface area (Å²) in [5.41, 5.74) is -0.917. The first-order chi connectivity index (χ1) is 7.72. The third-order valence-electron chi connectivity index (χ3n) is 1.85. The number of anilines is 1. The zero-order valence-corrected chi connectivity index (χ0v) is 10.1. The summed E-state index contributed by atoms with van der Waals surface area (Å²) in [5, 5.41) is 0. The summed E-state index contributed by atoms with van der Waals surface area (Å²) in [7, 11) is 1.30. The molecular weight excluding hydrogens is 230 g/mol. The monoisotopic (exact) mass is 244 g/mol. The van der Waals surface area contributed by atoms with Crippen LogP contribution in [-0.4, -0.2) is 23.7 Å². The van der Waals surface area contributed by atoms with Crippen LogP contribution < -0.4 is 4.90 Å². The van der Waals surface area contributed by atoms with Gasteiger partial charge < -0.3 is 4.74 Å². The molecule has 0 atom stereocenters. The molecule has 0 saturated heterocycles. The molecule has 0 radical (unpaired) electrons. The largest absolute Gasteiger partial charge is 0.443 e. The van der Waals surface area contributed by atoms with Crippen molar-refractivity contribution in [2.24, 2.45) is 0 Å². The lowest BCUT2D eigenvalue weighted by molar-refractivity contribution is 0.0588. The van der Waals surface area contributed by atoms with Gasteiger partial charge in [0.05, 0.1) is 5.69 Å². The molecule has 1 amide bonds. The second-order valence-corrected chi connectivity index (χ2v) is 4.47. The van der Waals surface area contributed by atoms with Crippen LogP contribution in [-0.2, 0) is 4.74 Å². The van der Waals surface area contributed by atoms with E-state index >= 15 is 0 Å². The Hall–Kier alpha value is -1.72. The van der Waals surface area contributed by atoms with Crippen molar-refractivity contribution in [1.82, 2.24) is 4.98 Å². The summed E-state index contributed by atoms with van der Waals surface area (Å²) in [6.07, 6.45) is 0.316. The Morgan fingerprint density at radius 2 is 2.00 bits per heavy atom. The second-order valence-electron chi connectivity index (χ2n) is 4.47. The fraction of sp³-hybridized carbons (Fsp3) is 0.455. The minimum Gasteiger partial charge on any atom is -0.443 e. The van der Waals surface area contributed by atoms with Gasteiger partial charge in [0.15, 0.2) is 0 Å². The molecule has 1 aromatic heterocycles. The molecule has 1 aromatic rings. The van der Waals surface area contributed by atoms with E-state index in [9.17, 15) is 13.6 Å². The molecule has 0 aliphatic rings. The Bertz CT molecular complexity index is 430. The highest BCUT2D eigenvalue weighted by Crippen LogP contribution is 2.20. The number of aromatic nitrogens is 1. The van der Waals surface area contributed by atoms with E-state index in [4.69, 9.17) is 4.74 Å². The molecule has 4 nitrogen and oxygen atoms in total. The van der Waals surface area contributed by atoms with Gasteiger partial charge in [0.25, 0.3) is 5.95 Å². The fourth-order valence-electron chi connectivity index (χ4n) is 1.10. The van der Waals surface area contributed by atoms with Gasteiger partial charge in [0.2, 0.25) is 5.82 Å². The van der Waals surface area contributed by atoms with Crippen molar-refractivity contribution in [2.75, 3.05) is 11.9 Å². The smallest absolute Gasteiger partial charge is 0.414 e. The quantitative estimate of drug-likeness (QED) is 0.713. The van der Waals surface area contributed by atoms with Gasteiger partial charge >= 0.3 is 6.09 Å². The average Bonchev–Trinajstić information content (AvgIpc) is 2.18. The molecule has 6 heteroatoms. The lowest BCUT2D eigenvalue weighted by atomic mass is 10.2. The number of halogens is 2. The van der Waals surface area contributed by atoms with E-state index in [-0.39, 0.29) is 5.69 Å². The molecule has 94 valence electrons. The van der Waals surface area contributed by atoms with Crippen molar-refractivity contribution in [3.05, 3.63) is 24.0 Å². The fourth-order valence-corrected chi connectivity index (χ4v) is 1.10. The topological polar surface area (TPSA) is 42.4 Å². The number of rotatable bonds is 1. The SMILES string of the molecule is CN(C(=O)OC(C)(C)C)c1ccnc(F)c1F. The van der Waals surface area contributed by atoms with Crippen LogP contribution in [0.15, 0.2) is 12.3 Å². The van der Waals surface area contributed by atoms with E-state index in [1.165, 1.54) is 13.1 Å². The first-order valence-corrected chi connectivity index (χ1v) is 4.99. The van der Waals surface area contributed by atoms with Crippen LogP contribution in [0.5, 0.6) is 0 Å². The van der Waals surface area contributed by atoms with Crippen molar-refractivity contribution in [2.45, 2.75) is 26.4 Å². The van der Waals surface area contributed by atoms with E-state index in [2.05, 4.69) is 4.98 Å².